The van der Waals surface area contributed by atoms with Gasteiger partial charge < -0.3 is 19.5 Å². The molecule has 1 N–H and O–H groups in total. The monoisotopic (exact) mass is 549 g/mol. The summed E-state index contributed by atoms with van der Waals surface area (Å²) in [5.74, 6) is -1.21. The van der Waals surface area contributed by atoms with Gasteiger partial charge in [-0.25, -0.2) is 4.79 Å². The zero-order valence-electron chi connectivity index (χ0n) is 22.8. The molecule has 0 spiro atoms. The lowest BCUT2D eigenvalue weighted by atomic mass is 9.69. The molecule has 39 heavy (non-hydrogen) atoms. The largest absolute Gasteiger partial charge is 0.489 e. The van der Waals surface area contributed by atoms with E-state index in [0.29, 0.717) is 52.6 Å². The number of ether oxygens (including phenoxy) is 3. The lowest BCUT2D eigenvalue weighted by Gasteiger charge is -2.38. The lowest BCUT2D eigenvalue weighted by Crippen LogP contribution is -2.43. The smallest absolute Gasteiger partial charge is 0.336 e. The molecule has 1 aliphatic carbocycles. The molecule has 0 amide bonds. The highest BCUT2D eigenvalue weighted by molar-refractivity contribution is 7.99. The van der Waals surface area contributed by atoms with E-state index in [-0.39, 0.29) is 18.3 Å². The Morgan fingerprint density at radius 1 is 1.08 bits per heavy atom. The molecule has 1 aliphatic heterocycles. The number of hydrogen-bond donors (Lipinski definition) is 1. The van der Waals surface area contributed by atoms with E-state index in [2.05, 4.69) is 5.32 Å². The van der Waals surface area contributed by atoms with Crippen molar-refractivity contribution < 1.29 is 28.6 Å². The van der Waals surface area contributed by atoms with Crippen LogP contribution in [-0.4, -0.2) is 42.9 Å². The maximum Gasteiger partial charge on any atom is 0.336 e. The van der Waals surface area contributed by atoms with Crippen LogP contribution >= 0.6 is 11.8 Å². The Bertz CT molecular complexity index is 1280. The Kier molecular flexibility index (Phi) is 9.51. The van der Waals surface area contributed by atoms with Crippen molar-refractivity contribution in [2.45, 2.75) is 39.7 Å². The number of carbonyl (C=O) groups excluding carboxylic acids is 3. The summed E-state index contributed by atoms with van der Waals surface area (Å²) in [5.41, 5.74) is 3.73. The van der Waals surface area contributed by atoms with E-state index >= 15 is 0 Å². The van der Waals surface area contributed by atoms with E-state index in [0.717, 1.165) is 11.3 Å². The van der Waals surface area contributed by atoms with Gasteiger partial charge in [-0.05, 0) is 36.6 Å². The molecule has 0 radical (unpaired) electrons. The Morgan fingerprint density at radius 3 is 2.51 bits per heavy atom. The summed E-state index contributed by atoms with van der Waals surface area (Å²) in [6.45, 7) is 6.32. The summed E-state index contributed by atoms with van der Waals surface area (Å²) >= 11 is 1.68. The van der Waals surface area contributed by atoms with Crippen molar-refractivity contribution in [2.75, 3.05) is 25.2 Å². The van der Waals surface area contributed by atoms with Crippen molar-refractivity contribution in [3.8, 4) is 5.75 Å². The second kappa shape index (κ2) is 13.0. The first-order valence-electron chi connectivity index (χ1n) is 13.2. The minimum atomic E-state index is -0.952. The number of dihydropyridines is 1. The van der Waals surface area contributed by atoms with Crippen LogP contribution in [0.2, 0.25) is 0 Å². The lowest BCUT2D eigenvalue weighted by molar-refractivity contribution is -0.151. The summed E-state index contributed by atoms with van der Waals surface area (Å²) in [7, 11) is 1.29. The van der Waals surface area contributed by atoms with Gasteiger partial charge in [0.1, 0.15) is 24.9 Å². The Balaban J connectivity index is 1.78. The van der Waals surface area contributed by atoms with Crippen molar-refractivity contribution in [3.05, 3.63) is 88.3 Å². The summed E-state index contributed by atoms with van der Waals surface area (Å²) < 4.78 is 16.9. The number of allylic oxidation sites excluding steroid dienone is 3. The highest BCUT2D eigenvalue weighted by atomic mass is 32.2. The molecule has 2 aromatic rings. The number of rotatable bonds is 10. The molecule has 3 atom stereocenters. The molecule has 8 heteroatoms. The normalized spacial score (nSPS) is 20.7. The zero-order chi connectivity index (χ0) is 27.9. The third kappa shape index (κ3) is 6.22. The van der Waals surface area contributed by atoms with Gasteiger partial charge in [0.05, 0.1) is 18.6 Å². The fourth-order valence-electron chi connectivity index (χ4n) is 5.26. The Hall–Kier alpha value is -3.52. The number of para-hydroxylation sites is 1. The molecule has 0 aromatic heterocycles. The molecule has 1 heterocycles. The molecule has 0 saturated heterocycles. The molecule has 206 valence electrons. The van der Waals surface area contributed by atoms with Crippen LogP contribution < -0.4 is 10.1 Å². The number of benzene rings is 2. The third-order valence-electron chi connectivity index (χ3n) is 7.10. The van der Waals surface area contributed by atoms with Gasteiger partial charge in [-0.2, -0.15) is 11.8 Å². The highest BCUT2D eigenvalue weighted by Gasteiger charge is 2.47. The predicted molar refractivity (Wildman–Crippen MR) is 151 cm³/mol. The summed E-state index contributed by atoms with van der Waals surface area (Å²) in [4.78, 5) is 40.3. The molecular weight excluding hydrogens is 514 g/mol. The number of nitrogens with one attached hydrogen (secondary N) is 1. The van der Waals surface area contributed by atoms with Gasteiger partial charge in [0.25, 0.3) is 0 Å². The number of hydrogen-bond acceptors (Lipinski definition) is 8. The van der Waals surface area contributed by atoms with Crippen LogP contribution in [0, 0.1) is 11.8 Å². The van der Waals surface area contributed by atoms with E-state index in [1.165, 1.54) is 7.11 Å². The fourth-order valence-corrected chi connectivity index (χ4v) is 5.75. The first-order valence-corrected chi connectivity index (χ1v) is 14.4. The maximum atomic E-state index is 14.0. The summed E-state index contributed by atoms with van der Waals surface area (Å²) in [5, 5.41) is 3.31. The van der Waals surface area contributed by atoms with E-state index in [1.54, 1.807) is 11.8 Å². The Morgan fingerprint density at radius 2 is 1.79 bits per heavy atom. The van der Waals surface area contributed by atoms with E-state index in [1.807, 2.05) is 75.4 Å². The standard InChI is InChI=1S/C31H35NO6S/c1-5-39-16-15-37-31(35)26-20(3)32-23-17-19(2)25(30(34)36-4)29(33)28(23)27(26)22-13-9-10-14-24(22)38-18-21-11-7-6-8-12-21/h6-14,19,25,27,32H,5,15-18H2,1-4H3/t19-,25+,27+/m0/s1. The predicted octanol–water partition coefficient (Wildman–Crippen LogP) is 5.17. The van der Waals surface area contributed by atoms with Crippen LogP contribution in [0.1, 0.15) is 44.2 Å². The van der Waals surface area contributed by atoms with Crippen molar-refractivity contribution >= 4 is 29.5 Å². The van der Waals surface area contributed by atoms with Crippen LogP contribution in [0.25, 0.3) is 0 Å². The second-order valence-corrected chi connectivity index (χ2v) is 11.1. The van der Waals surface area contributed by atoms with Crippen molar-refractivity contribution in [1.82, 2.24) is 5.32 Å². The molecule has 2 aromatic carbocycles. The second-order valence-electron chi connectivity index (χ2n) is 9.68. The SMILES string of the molecule is CCSCCOC(=O)C1=C(C)NC2=C(C(=O)[C@H](C(=O)OC)[C@@H](C)C2)[C@@H]1c1ccccc1OCc1ccccc1. The number of carbonyl (C=O) groups is 3. The van der Waals surface area contributed by atoms with Gasteiger partial charge in [-0.1, -0.05) is 62.4 Å². The van der Waals surface area contributed by atoms with E-state index < -0.39 is 23.8 Å². The van der Waals surface area contributed by atoms with Crippen LogP contribution in [-0.2, 0) is 30.5 Å². The number of methoxy groups -OCH3 is 1. The number of thioether (sulfide) groups is 1. The first-order chi connectivity index (χ1) is 18.9. The summed E-state index contributed by atoms with van der Waals surface area (Å²) in [6.07, 6.45) is 0.469. The number of Topliss-reactive ketones (excluding diaryl/α,β-unsaturated/α-hetero) is 1. The molecular formula is C31H35NO6S. The fraction of sp³-hybridized carbons (Fsp3) is 0.387. The highest BCUT2D eigenvalue weighted by Crippen LogP contribution is 2.47. The van der Waals surface area contributed by atoms with Crippen LogP contribution in [0.4, 0.5) is 0 Å². The topological polar surface area (TPSA) is 90.9 Å². The minimum absolute atomic E-state index is 0.256. The maximum absolute atomic E-state index is 14.0. The zero-order valence-corrected chi connectivity index (χ0v) is 23.6. The van der Waals surface area contributed by atoms with Gasteiger partial charge in [0.15, 0.2) is 5.78 Å². The first kappa shape index (κ1) is 28.5. The van der Waals surface area contributed by atoms with E-state index in [9.17, 15) is 14.4 Å². The van der Waals surface area contributed by atoms with Crippen LogP contribution in [0.5, 0.6) is 5.75 Å². The van der Waals surface area contributed by atoms with Gasteiger partial charge in [0.2, 0.25) is 0 Å². The quantitative estimate of drug-likeness (QED) is 0.247. The van der Waals surface area contributed by atoms with Crippen LogP contribution in [0.15, 0.2) is 77.1 Å². The Labute approximate surface area is 234 Å². The molecule has 0 unspecified atom stereocenters. The molecule has 2 aliphatic rings. The molecule has 7 nitrogen and oxygen atoms in total. The van der Waals surface area contributed by atoms with Gasteiger partial charge in [0, 0.05) is 28.3 Å². The molecule has 0 fully saturated rings. The van der Waals surface area contributed by atoms with Gasteiger partial charge >= 0.3 is 11.9 Å². The van der Waals surface area contributed by atoms with E-state index in [4.69, 9.17) is 14.2 Å². The van der Waals surface area contributed by atoms with Crippen molar-refractivity contribution in [1.29, 1.82) is 0 Å². The average molecular weight is 550 g/mol. The van der Waals surface area contributed by atoms with Crippen molar-refractivity contribution in [2.24, 2.45) is 11.8 Å². The van der Waals surface area contributed by atoms with Crippen molar-refractivity contribution in [3.63, 3.8) is 0 Å². The number of esters is 2. The average Bonchev–Trinajstić information content (AvgIpc) is 2.94. The third-order valence-corrected chi connectivity index (χ3v) is 7.96. The van der Waals surface area contributed by atoms with Crippen LogP contribution in [0.3, 0.4) is 0 Å². The molecule has 4 rings (SSSR count). The minimum Gasteiger partial charge on any atom is -0.489 e. The molecule has 0 bridgehead atoms. The van der Waals surface area contributed by atoms with Gasteiger partial charge in [-0.15, -0.1) is 0 Å². The number of ketones is 1. The molecule has 0 saturated carbocycles. The van der Waals surface area contributed by atoms with Gasteiger partial charge in [-0.3, -0.25) is 9.59 Å². The summed E-state index contributed by atoms with van der Waals surface area (Å²) in [6, 6.07) is 17.2.